The Morgan fingerprint density at radius 1 is 0.861 bits per heavy atom. The molecule has 0 unspecified atom stereocenters. The predicted octanol–water partition coefficient (Wildman–Crippen LogP) is 7.13. The van der Waals surface area contributed by atoms with Crippen LogP contribution < -0.4 is 4.57 Å². The second-order valence-corrected chi connectivity index (χ2v) is 8.88. The van der Waals surface area contributed by atoms with Crippen LogP contribution in [0.25, 0.3) is 55.7 Å². The highest BCUT2D eigenvalue weighted by Crippen LogP contribution is 2.38. The first-order chi connectivity index (χ1) is 17.5. The Morgan fingerprint density at radius 2 is 1.64 bits per heavy atom. The minimum absolute atomic E-state index is 0.307. The number of nitriles is 1. The molecule has 0 atom stereocenters. The van der Waals surface area contributed by atoms with Crippen molar-refractivity contribution in [1.82, 2.24) is 4.98 Å². The van der Waals surface area contributed by atoms with E-state index in [9.17, 15) is 9.65 Å². The molecule has 3 heterocycles. The molecule has 0 aliphatic heterocycles. The fourth-order valence-electron chi connectivity index (χ4n) is 4.80. The molecule has 0 fully saturated rings. The van der Waals surface area contributed by atoms with Crippen LogP contribution in [0.2, 0.25) is 0 Å². The summed E-state index contributed by atoms with van der Waals surface area (Å²) in [6.07, 6.45) is 1.44. The molecule has 3 aromatic carbocycles. The van der Waals surface area contributed by atoms with Gasteiger partial charge in [0.15, 0.2) is 11.4 Å². The van der Waals surface area contributed by atoms with Crippen molar-refractivity contribution in [3.63, 3.8) is 0 Å². The van der Waals surface area contributed by atoms with E-state index in [1.807, 2.05) is 74.6 Å². The highest BCUT2D eigenvalue weighted by molar-refractivity contribution is 6.09. The van der Waals surface area contributed by atoms with Gasteiger partial charge in [-0.15, -0.1) is 0 Å². The van der Waals surface area contributed by atoms with Gasteiger partial charge in [-0.2, -0.15) is 9.83 Å². The highest BCUT2D eigenvalue weighted by atomic mass is 19.1. The van der Waals surface area contributed by atoms with Gasteiger partial charge < -0.3 is 4.42 Å². The fourth-order valence-corrected chi connectivity index (χ4v) is 4.80. The Balaban J connectivity index is 1.58. The first kappa shape index (κ1) is 21.7. The zero-order valence-corrected chi connectivity index (χ0v) is 19.8. The molecule has 5 heteroatoms. The van der Waals surface area contributed by atoms with E-state index in [4.69, 9.17) is 9.40 Å². The summed E-state index contributed by atoms with van der Waals surface area (Å²) in [7, 11) is 1.81. The van der Waals surface area contributed by atoms with Gasteiger partial charge in [0.1, 0.15) is 13.1 Å². The number of nitrogens with zero attached hydrogens (tertiary/aromatic N) is 3. The van der Waals surface area contributed by atoms with E-state index in [2.05, 4.69) is 18.2 Å². The molecule has 3 aromatic heterocycles. The standard InChI is InChI=1S/C31H21FN3O/c1-19-11-13-25-26-16-23(17-33)29(22-10-6-9-21(15-22)20-7-4-3-5-8-20)34-31(26)36-30(25)28(19)27-14-12-24(32)18-35(27)2/h3-16,18H,1-2H3/q+1. The van der Waals surface area contributed by atoms with Crippen molar-refractivity contribution in [3.05, 3.63) is 108 Å². The minimum atomic E-state index is -0.307. The van der Waals surface area contributed by atoms with E-state index in [0.29, 0.717) is 22.6 Å². The summed E-state index contributed by atoms with van der Waals surface area (Å²) in [5.41, 5.74) is 7.86. The number of aromatic nitrogens is 2. The van der Waals surface area contributed by atoms with Crippen molar-refractivity contribution in [1.29, 1.82) is 5.26 Å². The average molecular weight is 471 g/mol. The lowest BCUT2D eigenvalue weighted by atomic mass is 9.98. The molecule has 6 aromatic rings. The average Bonchev–Trinajstić information content (AvgIpc) is 3.26. The molecule has 0 saturated heterocycles. The van der Waals surface area contributed by atoms with Crippen molar-refractivity contribution in [3.8, 4) is 39.7 Å². The molecular formula is C31H21FN3O+. The van der Waals surface area contributed by atoms with Crippen LogP contribution in [0.1, 0.15) is 11.1 Å². The van der Waals surface area contributed by atoms with Gasteiger partial charge in [-0.25, -0.2) is 9.37 Å². The summed E-state index contributed by atoms with van der Waals surface area (Å²) in [6, 6.07) is 29.5. The van der Waals surface area contributed by atoms with Crippen molar-refractivity contribution >= 4 is 22.1 Å². The smallest absolute Gasteiger partial charge is 0.227 e. The van der Waals surface area contributed by atoms with Gasteiger partial charge in [0.05, 0.1) is 16.8 Å². The van der Waals surface area contributed by atoms with Crippen molar-refractivity contribution in [2.75, 3.05) is 0 Å². The molecule has 0 radical (unpaired) electrons. The van der Waals surface area contributed by atoms with Crippen molar-refractivity contribution < 1.29 is 13.4 Å². The van der Waals surface area contributed by atoms with Gasteiger partial charge in [0, 0.05) is 22.4 Å². The molecule has 0 bridgehead atoms. The molecule has 0 saturated carbocycles. The second kappa shape index (κ2) is 8.44. The lowest BCUT2D eigenvalue weighted by Crippen LogP contribution is -2.31. The summed E-state index contributed by atoms with van der Waals surface area (Å²) >= 11 is 0. The van der Waals surface area contributed by atoms with Gasteiger partial charge in [0.2, 0.25) is 17.6 Å². The lowest BCUT2D eigenvalue weighted by molar-refractivity contribution is -0.661. The quantitative estimate of drug-likeness (QED) is 0.259. The van der Waals surface area contributed by atoms with Crippen LogP contribution in [0.4, 0.5) is 4.39 Å². The molecule has 36 heavy (non-hydrogen) atoms. The Morgan fingerprint density at radius 3 is 2.42 bits per heavy atom. The maximum Gasteiger partial charge on any atom is 0.227 e. The van der Waals surface area contributed by atoms with Gasteiger partial charge in [0.25, 0.3) is 0 Å². The number of hydrogen-bond donors (Lipinski definition) is 0. The largest absolute Gasteiger partial charge is 0.437 e. The third kappa shape index (κ3) is 3.52. The van der Waals surface area contributed by atoms with E-state index in [0.717, 1.165) is 44.3 Å². The van der Waals surface area contributed by atoms with Crippen LogP contribution in [0, 0.1) is 24.1 Å². The monoisotopic (exact) mass is 470 g/mol. The number of halogens is 1. The van der Waals surface area contributed by atoms with Crippen molar-refractivity contribution in [2.24, 2.45) is 7.05 Å². The first-order valence-electron chi connectivity index (χ1n) is 11.6. The Bertz CT molecular complexity index is 1830. The van der Waals surface area contributed by atoms with Crippen LogP contribution in [-0.4, -0.2) is 4.98 Å². The van der Waals surface area contributed by atoms with Crippen molar-refractivity contribution in [2.45, 2.75) is 6.92 Å². The van der Waals surface area contributed by atoms with Gasteiger partial charge in [-0.3, -0.25) is 0 Å². The maximum absolute atomic E-state index is 13.8. The molecule has 0 aliphatic carbocycles. The molecule has 0 amide bonds. The summed E-state index contributed by atoms with van der Waals surface area (Å²) < 4.78 is 21.9. The maximum atomic E-state index is 13.8. The number of fused-ring (bicyclic) bond motifs is 3. The Labute approximate surface area is 207 Å². The van der Waals surface area contributed by atoms with E-state index < -0.39 is 0 Å². The lowest BCUT2D eigenvalue weighted by Gasteiger charge is -2.07. The molecule has 172 valence electrons. The van der Waals surface area contributed by atoms with E-state index >= 15 is 0 Å². The minimum Gasteiger partial charge on any atom is -0.437 e. The van der Waals surface area contributed by atoms with Crippen LogP contribution >= 0.6 is 0 Å². The van der Waals surface area contributed by atoms with Gasteiger partial charge in [-0.05, 0) is 41.8 Å². The highest BCUT2D eigenvalue weighted by Gasteiger charge is 2.22. The fraction of sp³-hybridized carbons (Fsp3) is 0.0645. The van der Waals surface area contributed by atoms with E-state index in [1.54, 1.807) is 10.6 Å². The summed E-state index contributed by atoms with van der Waals surface area (Å²) in [4.78, 5) is 4.83. The van der Waals surface area contributed by atoms with Gasteiger partial charge in [-0.1, -0.05) is 60.7 Å². The number of furan rings is 1. The van der Waals surface area contributed by atoms with Crippen LogP contribution in [0.5, 0.6) is 0 Å². The topological polar surface area (TPSA) is 53.7 Å². The molecule has 4 nitrogen and oxygen atoms in total. The number of rotatable bonds is 3. The number of benzene rings is 3. The van der Waals surface area contributed by atoms with Gasteiger partial charge >= 0.3 is 0 Å². The Kier molecular flexibility index (Phi) is 5.09. The predicted molar refractivity (Wildman–Crippen MR) is 138 cm³/mol. The third-order valence-corrected chi connectivity index (χ3v) is 6.56. The number of hydrogen-bond acceptors (Lipinski definition) is 3. The van der Waals surface area contributed by atoms with Crippen LogP contribution in [-0.2, 0) is 7.05 Å². The summed E-state index contributed by atoms with van der Waals surface area (Å²) in [5, 5.41) is 11.7. The summed E-state index contributed by atoms with van der Waals surface area (Å²) in [6.45, 7) is 2.00. The van der Waals surface area contributed by atoms with E-state index in [-0.39, 0.29) is 5.82 Å². The number of aryl methyl sites for hydroxylation is 2. The van der Waals surface area contributed by atoms with Crippen LogP contribution in [0.3, 0.4) is 0 Å². The third-order valence-electron chi connectivity index (χ3n) is 6.56. The molecule has 0 N–H and O–H groups in total. The normalized spacial score (nSPS) is 11.2. The SMILES string of the molecule is Cc1ccc2c(oc3nc(-c4cccc(-c5ccccc5)c4)c(C#N)cc32)c1-c1ccc(F)c[n+]1C. The molecule has 0 spiro atoms. The first-order valence-corrected chi connectivity index (χ1v) is 11.6. The zero-order valence-electron chi connectivity index (χ0n) is 19.8. The summed E-state index contributed by atoms with van der Waals surface area (Å²) in [5.74, 6) is -0.307. The molecule has 6 rings (SSSR count). The number of pyridine rings is 2. The molecular weight excluding hydrogens is 449 g/mol. The Hall–Kier alpha value is -4.82. The van der Waals surface area contributed by atoms with Crippen LogP contribution in [0.15, 0.2) is 95.5 Å². The van der Waals surface area contributed by atoms with E-state index in [1.165, 1.54) is 12.3 Å². The zero-order chi connectivity index (χ0) is 24.8. The second-order valence-electron chi connectivity index (χ2n) is 8.88. The molecule has 0 aliphatic rings.